The van der Waals surface area contributed by atoms with Gasteiger partial charge in [-0.3, -0.25) is 14.6 Å². The van der Waals surface area contributed by atoms with E-state index in [0.717, 1.165) is 18.4 Å². The van der Waals surface area contributed by atoms with E-state index >= 15 is 0 Å². The first-order chi connectivity index (χ1) is 9.69. The molecule has 1 aromatic rings. The summed E-state index contributed by atoms with van der Waals surface area (Å²) in [7, 11) is 0. The number of rotatable bonds is 5. The molecule has 0 spiro atoms. The lowest BCUT2D eigenvalue weighted by atomic mass is 9.69. The van der Waals surface area contributed by atoms with Gasteiger partial charge < -0.3 is 4.74 Å². The van der Waals surface area contributed by atoms with E-state index in [1.807, 2.05) is 12.1 Å². The lowest BCUT2D eigenvalue weighted by molar-refractivity contribution is -0.162. The SMILES string of the molecule is CCOC(=O)C1(CCc2cccnc2)CCCCC1=O. The van der Waals surface area contributed by atoms with E-state index in [-0.39, 0.29) is 11.8 Å². The molecule has 1 unspecified atom stereocenters. The predicted octanol–water partition coefficient (Wildman–Crippen LogP) is 2.71. The van der Waals surface area contributed by atoms with Crippen LogP contribution in [-0.4, -0.2) is 23.3 Å². The summed E-state index contributed by atoms with van der Waals surface area (Å²) in [5, 5.41) is 0. The van der Waals surface area contributed by atoms with E-state index < -0.39 is 5.41 Å². The van der Waals surface area contributed by atoms with Gasteiger partial charge in [0, 0.05) is 18.8 Å². The summed E-state index contributed by atoms with van der Waals surface area (Å²) in [5.41, 5.74) is 0.124. The predicted molar refractivity (Wildman–Crippen MR) is 75.1 cm³/mol. The third-order valence-electron chi connectivity index (χ3n) is 4.02. The lowest BCUT2D eigenvalue weighted by Crippen LogP contribution is -2.43. The van der Waals surface area contributed by atoms with Crippen molar-refractivity contribution in [2.45, 2.75) is 45.4 Å². The van der Waals surface area contributed by atoms with Gasteiger partial charge in [-0.2, -0.15) is 0 Å². The second kappa shape index (κ2) is 6.64. The third-order valence-corrected chi connectivity index (χ3v) is 4.02. The first-order valence-corrected chi connectivity index (χ1v) is 7.28. The number of aryl methyl sites for hydroxylation is 1. The molecule has 1 aromatic heterocycles. The van der Waals surface area contributed by atoms with Crippen molar-refractivity contribution in [3.63, 3.8) is 0 Å². The maximum atomic E-state index is 12.3. The van der Waals surface area contributed by atoms with Gasteiger partial charge in [0.2, 0.25) is 0 Å². The second-order valence-electron chi connectivity index (χ2n) is 5.29. The minimum atomic E-state index is -0.926. The van der Waals surface area contributed by atoms with Gasteiger partial charge in [-0.25, -0.2) is 0 Å². The van der Waals surface area contributed by atoms with Crippen molar-refractivity contribution in [3.8, 4) is 0 Å². The maximum absolute atomic E-state index is 12.3. The number of carbonyl (C=O) groups is 2. The van der Waals surface area contributed by atoms with Crippen molar-refractivity contribution in [2.24, 2.45) is 5.41 Å². The molecule has 1 fully saturated rings. The van der Waals surface area contributed by atoms with Crippen LogP contribution in [0.15, 0.2) is 24.5 Å². The Balaban J connectivity index is 2.14. The number of hydrogen-bond donors (Lipinski definition) is 0. The fourth-order valence-corrected chi connectivity index (χ4v) is 2.85. The fraction of sp³-hybridized carbons (Fsp3) is 0.562. The average molecular weight is 275 g/mol. The van der Waals surface area contributed by atoms with Crippen LogP contribution >= 0.6 is 0 Å². The van der Waals surface area contributed by atoms with E-state index in [1.165, 1.54) is 0 Å². The van der Waals surface area contributed by atoms with Crippen LogP contribution in [0.1, 0.15) is 44.6 Å². The highest BCUT2D eigenvalue weighted by atomic mass is 16.5. The second-order valence-corrected chi connectivity index (χ2v) is 5.29. The van der Waals surface area contributed by atoms with Crippen LogP contribution in [0.4, 0.5) is 0 Å². The lowest BCUT2D eigenvalue weighted by Gasteiger charge is -2.33. The fourth-order valence-electron chi connectivity index (χ4n) is 2.85. The molecule has 0 N–H and O–H groups in total. The molecule has 0 aromatic carbocycles. The topological polar surface area (TPSA) is 56.3 Å². The number of ketones is 1. The van der Waals surface area contributed by atoms with Gasteiger partial charge in [0.05, 0.1) is 6.61 Å². The molecule has 0 bridgehead atoms. The van der Waals surface area contributed by atoms with E-state index in [2.05, 4.69) is 4.98 Å². The molecule has 1 saturated carbocycles. The van der Waals surface area contributed by atoms with Crippen molar-refractivity contribution in [3.05, 3.63) is 30.1 Å². The van der Waals surface area contributed by atoms with Crippen LogP contribution in [0.2, 0.25) is 0 Å². The van der Waals surface area contributed by atoms with Crippen LogP contribution in [0.3, 0.4) is 0 Å². The zero-order valence-electron chi connectivity index (χ0n) is 11.9. The van der Waals surface area contributed by atoms with Crippen molar-refractivity contribution >= 4 is 11.8 Å². The van der Waals surface area contributed by atoms with Gasteiger partial charge in [-0.1, -0.05) is 12.5 Å². The van der Waals surface area contributed by atoms with Gasteiger partial charge >= 0.3 is 5.97 Å². The van der Waals surface area contributed by atoms with Crippen LogP contribution in [0, 0.1) is 5.41 Å². The number of aromatic nitrogens is 1. The first kappa shape index (κ1) is 14.7. The minimum Gasteiger partial charge on any atom is -0.465 e. The van der Waals surface area contributed by atoms with Gasteiger partial charge in [0.1, 0.15) is 11.2 Å². The Kier molecular flexibility index (Phi) is 4.88. The number of carbonyl (C=O) groups excluding carboxylic acids is 2. The van der Waals surface area contributed by atoms with E-state index in [9.17, 15) is 9.59 Å². The molecule has 2 rings (SSSR count). The smallest absolute Gasteiger partial charge is 0.319 e. The largest absolute Gasteiger partial charge is 0.465 e. The zero-order valence-corrected chi connectivity index (χ0v) is 11.9. The van der Waals surface area contributed by atoms with Gasteiger partial charge in [-0.15, -0.1) is 0 Å². The first-order valence-electron chi connectivity index (χ1n) is 7.28. The molecule has 0 aliphatic heterocycles. The summed E-state index contributed by atoms with van der Waals surface area (Å²) in [6.45, 7) is 2.10. The summed E-state index contributed by atoms with van der Waals surface area (Å²) in [5.74, 6) is -0.292. The van der Waals surface area contributed by atoms with Crippen LogP contribution < -0.4 is 0 Å². The molecule has 4 heteroatoms. The minimum absolute atomic E-state index is 0.0473. The molecule has 108 valence electrons. The van der Waals surface area contributed by atoms with Crippen LogP contribution in [-0.2, 0) is 20.7 Å². The van der Waals surface area contributed by atoms with E-state index in [0.29, 0.717) is 32.3 Å². The molecule has 0 amide bonds. The van der Waals surface area contributed by atoms with E-state index in [1.54, 1.807) is 19.3 Å². The molecular formula is C16H21NO3. The van der Waals surface area contributed by atoms with Gasteiger partial charge in [0.25, 0.3) is 0 Å². The highest BCUT2D eigenvalue weighted by molar-refractivity contribution is 6.04. The zero-order chi connectivity index (χ0) is 14.4. The summed E-state index contributed by atoms with van der Waals surface area (Å²) in [6, 6.07) is 3.84. The molecule has 4 nitrogen and oxygen atoms in total. The summed E-state index contributed by atoms with van der Waals surface area (Å²) in [6.07, 6.45) is 7.61. The Morgan fingerprint density at radius 3 is 2.95 bits per heavy atom. The van der Waals surface area contributed by atoms with Crippen LogP contribution in [0.25, 0.3) is 0 Å². The highest BCUT2D eigenvalue weighted by Gasteiger charge is 2.47. The molecule has 1 heterocycles. The number of esters is 1. The van der Waals surface area contributed by atoms with Crippen molar-refractivity contribution < 1.29 is 14.3 Å². The Labute approximate surface area is 119 Å². The molecule has 1 atom stereocenters. The molecule has 0 radical (unpaired) electrons. The Morgan fingerprint density at radius 2 is 2.30 bits per heavy atom. The number of nitrogens with zero attached hydrogens (tertiary/aromatic N) is 1. The maximum Gasteiger partial charge on any atom is 0.319 e. The molecular weight excluding hydrogens is 254 g/mol. The highest BCUT2D eigenvalue weighted by Crippen LogP contribution is 2.38. The Morgan fingerprint density at radius 1 is 1.45 bits per heavy atom. The van der Waals surface area contributed by atoms with E-state index in [4.69, 9.17) is 4.74 Å². The summed E-state index contributed by atoms with van der Waals surface area (Å²) >= 11 is 0. The number of ether oxygens (including phenoxy) is 1. The molecule has 1 aliphatic carbocycles. The normalized spacial score (nSPS) is 22.6. The Bertz CT molecular complexity index is 472. The summed E-state index contributed by atoms with van der Waals surface area (Å²) < 4.78 is 5.17. The molecule has 1 aliphatic rings. The quantitative estimate of drug-likeness (QED) is 0.612. The monoisotopic (exact) mass is 275 g/mol. The summed E-state index contributed by atoms with van der Waals surface area (Å²) in [4.78, 5) is 28.7. The number of Topliss-reactive ketones (excluding diaryl/α,β-unsaturated/α-hetero) is 1. The van der Waals surface area contributed by atoms with Gasteiger partial charge in [-0.05, 0) is 44.2 Å². The third kappa shape index (κ3) is 3.06. The average Bonchev–Trinajstić information content (AvgIpc) is 2.48. The van der Waals surface area contributed by atoms with Crippen molar-refractivity contribution in [2.75, 3.05) is 6.61 Å². The number of pyridine rings is 1. The molecule has 0 saturated heterocycles. The van der Waals surface area contributed by atoms with Crippen molar-refractivity contribution in [1.29, 1.82) is 0 Å². The standard InChI is InChI=1S/C16H21NO3/c1-2-20-15(19)16(9-4-3-7-14(16)18)10-8-13-6-5-11-17-12-13/h5-6,11-12H,2-4,7-10H2,1H3. The van der Waals surface area contributed by atoms with Crippen molar-refractivity contribution in [1.82, 2.24) is 4.98 Å². The van der Waals surface area contributed by atoms with Crippen LogP contribution in [0.5, 0.6) is 0 Å². The molecule has 20 heavy (non-hydrogen) atoms. The van der Waals surface area contributed by atoms with Gasteiger partial charge in [0.15, 0.2) is 0 Å². The Hall–Kier alpha value is -1.71. The number of hydrogen-bond acceptors (Lipinski definition) is 4.